The molecule has 3 atom stereocenters. The second kappa shape index (κ2) is 10.4. The fourth-order valence-corrected chi connectivity index (χ4v) is 5.46. The number of nitrogens with zero attached hydrogens (tertiary/aromatic N) is 3. The van der Waals surface area contributed by atoms with E-state index in [0.717, 1.165) is 23.1 Å². The van der Waals surface area contributed by atoms with Crippen LogP contribution in [0.5, 0.6) is 0 Å². The van der Waals surface area contributed by atoms with Crippen molar-refractivity contribution in [3.05, 3.63) is 11.1 Å². The molecule has 16 heteroatoms. The molecule has 2 aliphatic heterocycles. The van der Waals surface area contributed by atoms with Crippen LogP contribution in [0.3, 0.4) is 0 Å². The number of thioether (sulfide) groups is 1. The molecule has 3 rings (SSSR count). The fraction of sp³-hybridized carbons (Fsp3) is 0.526. The number of carboxylic acids is 1. The number of thiazole rings is 1. The lowest BCUT2D eigenvalue weighted by Crippen LogP contribution is -2.74. The highest BCUT2D eigenvalue weighted by atomic mass is 35.5. The largest absolute Gasteiger partial charge is 0.480 e. The highest BCUT2D eigenvalue weighted by Crippen LogP contribution is 2.41. The molecule has 13 nitrogen and oxygen atoms in total. The molecule has 3 heterocycles. The quantitative estimate of drug-likeness (QED) is 0.0968. The van der Waals surface area contributed by atoms with Crippen LogP contribution in [0.15, 0.2) is 10.5 Å². The summed E-state index contributed by atoms with van der Waals surface area (Å²) in [5, 5.41) is 19.0. The molecule has 0 bridgehead atoms. The van der Waals surface area contributed by atoms with Crippen molar-refractivity contribution in [2.24, 2.45) is 5.16 Å². The van der Waals surface area contributed by atoms with Crippen LogP contribution in [-0.4, -0.2) is 91.7 Å². The number of amides is 3. The molecule has 1 aromatic rings. The maximum absolute atomic E-state index is 13.0. The topological polar surface area (TPSA) is 177 Å². The van der Waals surface area contributed by atoms with E-state index in [1.54, 1.807) is 20.8 Å². The third-order valence-electron chi connectivity index (χ3n) is 4.62. The van der Waals surface area contributed by atoms with Crippen molar-refractivity contribution in [2.75, 3.05) is 24.2 Å². The Morgan fingerprint density at radius 2 is 2.14 bits per heavy atom. The zero-order chi connectivity index (χ0) is 26.0. The van der Waals surface area contributed by atoms with E-state index in [1.807, 2.05) is 0 Å². The molecule has 190 valence electrons. The van der Waals surface area contributed by atoms with Crippen molar-refractivity contribution in [3.8, 4) is 0 Å². The number of rotatable bonds is 9. The summed E-state index contributed by atoms with van der Waals surface area (Å²) in [6.07, 6.45) is 0.411. The van der Waals surface area contributed by atoms with E-state index in [2.05, 4.69) is 20.8 Å². The van der Waals surface area contributed by atoms with Crippen molar-refractivity contribution >= 4 is 75.7 Å². The summed E-state index contributed by atoms with van der Waals surface area (Å²) in [7, 11) is 0. The predicted octanol–water partition coefficient (Wildman–Crippen LogP) is 0.236. The van der Waals surface area contributed by atoms with Gasteiger partial charge >= 0.3 is 11.9 Å². The van der Waals surface area contributed by atoms with E-state index < -0.39 is 52.3 Å². The number of aliphatic carboxylic acids is 1. The lowest BCUT2D eigenvalue weighted by molar-refractivity contribution is -0.160. The van der Waals surface area contributed by atoms with E-state index >= 15 is 0 Å². The number of β-lactam (4-membered cyclic amide) rings is 1. The van der Waals surface area contributed by atoms with Crippen LogP contribution in [0.25, 0.3) is 0 Å². The summed E-state index contributed by atoms with van der Waals surface area (Å²) in [4.78, 5) is 68.3. The van der Waals surface area contributed by atoms with Crippen LogP contribution in [0.4, 0.5) is 5.13 Å². The summed E-state index contributed by atoms with van der Waals surface area (Å²) in [5.41, 5.74) is -1.05. The zero-order valence-electron chi connectivity index (χ0n) is 18.8. The second-order valence-corrected chi connectivity index (χ2v) is 11.2. The molecule has 0 spiro atoms. The van der Waals surface area contributed by atoms with E-state index in [-0.39, 0.29) is 28.8 Å². The number of alkyl halides is 1. The Labute approximate surface area is 212 Å². The number of hydrogen-bond donors (Lipinski definition) is 3. The molecular formula is C19H22ClN5O8S2. The standard InChI is InChI=1S/C19H22ClN5O8S2/c1-18(2,3)33-10(27)4-32-24-11(9-5-34-17(22-9)21-8-26)13(28)23-12-14(29)25-6-19(20,16(30)31)7-35-15(12)25/h5,8,12,15H,4,6-7H2,1-3H3,(H,23,28)(H,30,31)(H,21,22,26)/t12?,15-,19?/m1/s1. The molecule has 35 heavy (non-hydrogen) atoms. The van der Waals surface area contributed by atoms with Crippen molar-refractivity contribution in [3.63, 3.8) is 0 Å². The van der Waals surface area contributed by atoms with Gasteiger partial charge in [-0.3, -0.25) is 19.2 Å². The first kappa shape index (κ1) is 26.7. The van der Waals surface area contributed by atoms with Crippen LogP contribution in [0.1, 0.15) is 26.5 Å². The Bertz CT molecular complexity index is 1070. The van der Waals surface area contributed by atoms with Gasteiger partial charge in [0.2, 0.25) is 18.9 Å². The number of hydrogen-bond acceptors (Lipinski definition) is 11. The van der Waals surface area contributed by atoms with Gasteiger partial charge in [0.05, 0.1) is 6.54 Å². The van der Waals surface area contributed by atoms with Crippen LogP contribution >= 0.6 is 34.7 Å². The Hall–Kier alpha value is -2.91. The predicted molar refractivity (Wildman–Crippen MR) is 126 cm³/mol. The van der Waals surface area contributed by atoms with Gasteiger partial charge in [-0.15, -0.1) is 34.7 Å². The number of halogens is 1. The van der Waals surface area contributed by atoms with Crippen LogP contribution in [-0.2, 0) is 33.5 Å². The van der Waals surface area contributed by atoms with Gasteiger partial charge in [-0.05, 0) is 20.8 Å². The van der Waals surface area contributed by atoms with Crippen LogP contribution in [0, 0.1) is 0 Å². The van der Waals surface area contributed by atoms with E-state index in [0.29, 0.717) is 6.41 Å². The van der Waals surface area contributed by atoms with E-state index in [9.17, 15) is 29.1 Å². The average molecular weight is 548 g/mol. The zero-order valence-corrected chi connectivity index (χ0v) is 21.2. The third kappa shape index (κ3) is 6.21. The molecule has 0 saturated carbocycles. The van der Waals surface area contributed by atoms with Gasteiger partial charge in [0, 0.05) is 11.1 Å². The van der Waals surface area contributed by atoms with E-state index in [4.69, 9.17) is 21.2 Å². The fourth-order valence-electron chi connectivity index (χ4n) is 3.11. The van der Waals surface area contributed by atoms with Gasteiger partial charge < -0.3 is 30.2 Å². The van der Waals surface area contributed by atoms with Gasteiger partial charge in [0.25, 0.3) is 5.91 Å². The number of carbonyl (C=O) groups is 5. The number of aromatic nitrogens is 1. The maximum atomic E-state index is 13.0. The average Bonchev–Trinajstić information content (AvgIpc) is 3.22. The molecule has 0 aromatic carbocycles. The summed E-state index contributed by atoms with van der Waals surface area (Å²) < 4.78 is 5.12. The highest BCUT2D eigenvalue weighted by Gasteiger charge is 2.57. The van der Waals surface area contributed by atoms with Crippen molar-refractivity contribution < 1.29 is 38.7 Å². The first-order valence-electron chi connectivity index (χ1n) is 10.1. The maximum Gasteiger partial charge on any atom is 0.347 e. The lowest BCUT2D eigenvalue weighted by Gasteiger charge is -2.52. The van der Waals surface area contributed by atoms with Gasteiger partial charge in [0.1, 0.15) is 22.7 Å². The second-order valence-electron chi connectivity index (χ2n) is 8.49. The number of nitrogens with one attached hydrogen (secondary N) is 2. The molecule has 2 fully saturated rings. The number of fused-ring (bicyclic) bond motifs is 1. The molecule has 0 radical (unpaired) electrons. The lowest BCUT2D eigenvalue weighted by atomic mass is 10.0. The van der Waals surface area contributed by atoms with Gasteiger partial charge in [0.15, 0.2) is 15.7 Å². The number of esters is 1. The molecule has 2 aliphatic rings. The van der Waals surface area contributed by atoms with Crippen LogP contribution < -0.4 is 10.6 Å². The summed E-state index contributed by atoms with van der Waals surface area (Å²) >= 11 is 8.24. The van der Waals surface area contributed by atoms with Crippen molar-refractivity contribution in [1.29, 1.82) is 0 Å². The monoisotopic (exact) mass is 547 g/mol. The van der Waals surface area contributed by atoms with E-state index in [1.165, 1.54) is 10.3 Å². The van der Waals surface area contributed by atoms with Crippen LogP contribution in [0.2, 0.25) is 0 Å². The highest BCUT2D eigenvalue weighted by molar-refractivity contribution is 8.00. The molecule has 2 saturated heterocycles. The number of carboxylic acid groups (broad SMARTS) is 1. The number of anilines is 1. The number of carbonyl (C=O) groups excluding carboxylic acids is 4. The van der Waals surface area contributed by atoms with Gasteiger partial charge in [-0.25, -0.2) is 9.78 Å². The molecular weight excluding hydrogens is 526 g/mol. The number of ether oxygens (including phenoxy) is 1. The Kier molecular flexibility index (Phi) is 7.91. The molecule has 0 aliphatic carbocycles. The van der Waals surface area contributed by atoms with Crippen molar-refractivity contribution in [1.82, 2.24) is 15.2 Å². The summed E-state index contributed by atoms with van der Waals surface area (Å²) in [6.45, 7) is 4.25. The summed E-state index contributed by atoms with van der Waals surface area (Å²) in [5.74, 6) is -3.23. The third-order valence-corrected chi connectivity index (χ3v) is 7.49. The minimum absolute atomic E-state index is 0.0339. The first-order chi connectivity index (χ1) is 16.3. The van der Waals surface area contributed by atoms with Gasteiger partial charge in [-0.1, -0.05) is 5.16 Å². The molecule has 1 aromatic heterocycles. The Morgan fingerprint density at radius 1 is 1.43 bits per heavy atom. The molecule has 3 N–H and O–H groups in total. The molecule has 2 unspecified atom stereocenters. The minimum Gasteiger partial charge on any atom is -0.480 e. The first-order valence-corrected chi connectivity index (χ1v) is 12.4. The number of oxime groups is 1. The minimum atomic E-state index is -1.60. The Balaban J connectivity index is 1.72. The van der Waals surface area contributed by atoms with Gasteiger partial charge in [-0.2, -0.15) is 0 Å². The SMILES string of the molecule is CC(C)(C)OC(=O)CON=C(C(=O)NC1C(=O)N2CC(Cl)(C(=O)O)CS[C@H]12)c1csc(NC=O)n1. The summed E-state index contributed by atoms with van der Waals surface area (Å²) in [6, 6.07) is -0.954. The normalized spacial score (nSPS) is 24.1. The molecule has 3 amide bonds. The Morgan fingerprint density at radius 3 is 2.77 bits per heavy atom. The smallest absolute Gasteiger partial charge is 0.347 e. The van der Waals surface area contributed by atoms with Crippen molar-refractivity contribution in [2.45, 2.75) is 42.7 Å².